The lowest BCUT2D eigenvalue weighted by molar-refractivity contribution is -0.137. The molecule has 0 radical (unpaired) electrons. The van der Waals surface area contributed by atoms with Gasteiger partial charge in [-0.05, 0) is 24.6 Å². The van der Waals surface area contributed by atoms with Crippen molar-refractivity contribution in [2.24, 2.45) is 0 Å². The Morgan fingerprint density at radius 2 is 2.04 bits per heavy atom. The topological polar surface area (TPSA) is 72.2 Å². The smallest absolute Gasteiger partial charge is 0.305 e. The van der Waals surface area contributed by atoms with E-state index < -0.39 is 5.97 Å². The molecule has 1 N–H and O–H groups in total. The van der Waals surface area contributed by atoms with E-state index in [9.17, 15) is 14.0 Å². The van der Waals surface area contributed by atoms with E-state index >= 15 is 0 Å². The third-order valence-electron chi connectivity index (χ3n) is 3.59. The second kappa shape index (κ2) is 5.92. The number of carboxylic acid groups (broad SMARTS) is 1. The maximum atomic E-state index is 13.1. The van der Waals surface area contributed by atoms with Gasteiger partial charge < -0.3 is 5.11 Å². The largest absolute Gasteiger partial charge is 0.481 e. The molecule has 0 aliphatic heterocycles. The van der Waals surface area contributed by atoms with Gasteiger partial charge in [0, 0.05) is 17.5 Å². The maximum absolute atomic E-state index is 13.1. The number of hydrogen-bond acceptors (Lipinski definition) is 4. The molecule has 0 aliphatic carbocycles. The second-order valence-electron chi connectivity index (χ2n) is 5.10. The van der Waals surface area contributed by atoms with Crippen LogP contribution in [0.3, 0.4) is 0 Å². The molecule has 5 nitrogen and oxygen atoms in total. The van der Waals surface area contributed by atoms with Crippen LogP contribution in [-0.2, 0) is 11.3 Å². The lowest BCUT2D eigenvalue weighted by atomic mass is 10.1. The molecule has 2 heterocycles. The van der Waals surface area contributed by atoms with Crippen molar-refractivity contribution in [3.8, 4) is 11.1 Å². The fourth-order valence-electron chi connectivity index (χ4n) is 2.44. The minimum absolute atomic E-state index is 0.0711. The average molecular weight is 332 g/mol. The Morgan fingerprint density at radius 3 is 2.70 bits per heavy atom. The highest BCUT2D eigenvalue weighted by molar-refractivity contribution is 7.17. The zero-order valence-electron chi connectivity index (χ0n) is 12.2. The molecule has 2 aromatic heterocycles. The van der Waals surface area contributed by atoms with E-state index in [1.807, 2.05) is 5.38 Å². The number of hydrogen-bond donors (Lipinski definition) is 1. The summed E-state index contributed by atoms with van der Waals surface area (Å²) in [5, 5.41) is 11.1. The third kappa shape index (κ3) is 2.87. The Kier molecular flexibility index (Phi) is 3.96. The molecule has 1 aromatic carbocycles. The summed E-state index contributed by atoms with van der Waals surface area (Å²) in [5.41, 5.74) is 1.14. The van der Waals surface area contributed by atoms with E-state index in [1.165, 1.54) is 28.0 Å². The molecule has 3 aromatic rings. The van der Waals surface area contributed by atoms with Crippen molar-refractivity contribution in [3.63, 3.8) is 0 Å². The Morgan fingerprint density at radius 1 is 1.35 bits per heavy atom. The Hall–Kier alpha value is -2.54. The molecule has 0 saturated carbocycles. The maximum Gasteiger partial charge on any atom is 0.305 e. The molecule has 3 rings (SSSR count). The summed E-state index contributed by atoms with van der Waals surface area (Å²) in [6.45, 7) is 1.75. The molecular formula is C16H13FN2O3S. The zero-order valence-corrected chi connectivity index (χ0v) is 13.1. The van der Waals surface area contributed by atoms with Crippen molar-refractivity contribution in [2.75, 3.05) is 0 Å². The van der Waals surface area contributed by atoms with Crippen LogP contribution in [0, 0.1) is 12.7 Å². The molecule has 0 fully saturated rings. The molecule has 0 spiro atoms. The van der Waals surface area contributed by atoms with Gasteiger partial charge in [-0.2, -0.15) is 0 Å². The number of benzene rings is 1. The molecule has 0 saturated heterocycles. The summed E-state index contributed by atoms with van der Waals surface area (Å²) in [5.74, 6) is -0.835. The number of carboxylic acids is 1. The Labute approximate surface area is 134 Å². The number of thiophene rings is 1. The Bertz CT molecular complexity index is 944. The van der Waals surface area contributed by atoms with Crippen LogP contribution < -0.4 is 5.56 Å². The lowest BCUT2D eigenvalue weighted by Crippen LogP contribution is -2.24. The number of aromatic nitrogens is 2. The van der Waals surface area contributed by atoms with Gasteiger partial charge in [0.2, 0.25) is 0 Å². The number of aliphatic carboxylic acids is 1. The van der Waals surface area contributed by atoms with E-state index in [0.717, 1.165) is 5.56 Å². The zero-order chi connectivity index (χ0) is 16.6. The molecule has 7 heteroatoms. The first-order chi connectivity index (χ1) is 11.0. The molecule has 0 aliphatic rings. The fraction of sp³-hybridized carbons (Fsp3) is 0.188. The fourth-order valence-corrected chi connectivity index (χ4v) is 3.42. The predicted molar refractivity (Wildman–Crippen MR) is 86.3 cm³/mol. The van der Waals surface area contributed by atoms with Crippen molar-refractivity contribution < 1.29 is 14.3 Å². The highest BCUT2D eigenvalue weighted by atomic mass is 32.1. The standard InChI is InChI=1S/C16H13FN2O3S/c1-9-18-15-14(16(22)19(9)7-6-13(20)21)12(8-23-15)10-2-4-11(17)5-3-10/h2-5,8H,6-7H2,1H3,(H,20,21). The number of rotatable bonds is 4. The first-order valence-electron chi connectivity index (χ1n) is 6.93. The van der Waals surface area contributed by atoms with Gasteiger partial charge in [-0.15, -0.1) is 11.3 Å². The van der Waals surface area contributed by atoms with Crippen LogP contribution in [0.15, 0.2) is 34.4 Å². The first kappa shape index (κ1) is 15.4. The normalized spacial score (nSPS) is 11.0. The quantitative estimate of drug-likeness (QED) is 0.797. The molecule has 0 bridgehead atoms. The van der Waals surface area contributed by atoms with Crippen molar-refractivity contribution in [1.82, 2.24) is 9.55 Å². The predicted octanol–water partition coefficient (Wildman–Crippen LogP) is 3.05. The molecule has 118 valence electrons. The molecular weight excluding hydrogens is 319 g/mol. The van der Waals surface area contributed by atoms with Crippen LogP contribution >= 0.6 is 11.3 Å². The number of halogens is 1. The van der Waals surface area contributed by atoms with Crippen molar-refractivity contribution >= 4 is 27.5 Å². The monoisotopic (exact) mass is 332 g/mol. The molecule has 23 heavy (non-hydrogen) atoms. The van der Waals surface area contributed by atoms with Crippen molar-refractivity contribution in [2.45, 2.75) is 19.9 Å². The third-order valence-corrected chi connectivity index (χ3v) is 4.46. The summed E-state index contributed by atoms with van der Waals surface area (Å²) in [6.07, 6.45) is -0.149. The van der Waals surface area contributed by atoms with E-state index in [0.29, 0.717) is 21.6 Å². The second-order valence-corrected chi connectivity index (χ2v) is 5.95. The highest BCUT2D eigenvalue weighted by Gasteiger charge is 2.16. The molecule has 0 amide bonds. The van der Waals surface area contributed by atoms with Crippen LogP contribution in [0.5, 0.6) is 0 Å². The lowest BCUT2D eigenvalue weighted by Gasteiger charge is -2.08. The van der Waals surface area contributed by atoms with Gasteiger partial charge in [-0.25, -0.2) is 9.37 Å². The van der Waals surface area contributed by atoms with Gasteiger partial charge in [0.25, 0.3) is 5.56 Å². The van der Waals surface area contributed by atoms with Gasteiger partial charge >= 0.3 is 5.97 Å². The highest BCUT2D eigenvalue weighted by Crippen LogP contribution is 2.31. The van der Waals surface area contributed by atoms with Crippen LogP contribution in [0.1, 0.15) is 12.2 Å². The van der Waals surface area contributed by atoms with Gasteiger partial charge in [-0.3, -0.25) is 14.2 Å². The van der Waals surface area contributed by atoms with Crippen molar-refractivity contribution in [1.29, 1.82) is 0 Å². The average Bonchev–Trinajstić information content (AvgIpc) is 2.91. The van der Waals surface area contributed by atoms with E-state index in [-0.39, 0.29) is 24.3 Å². The minimum Gasteiger partial charge on any atom is -0.481 e. The van der Waals surface area contributed by atoms with Crippen LogP contribution in [-0.4, -0.2) is 20.6 Å². The van der Waals surface area contributed by atoms with Gasteiger partial charge in [0.1, 0.15) is 16.5 Å². The number of aryl methyl sites for hydroxylation is 1. The number of nitrogens with zero attached hydrogens (tertiary/aromatic N) is 2. The van der Waals surface area contributed by atoms with Gasteiger partial charge in [-0.1, -0.05) is 12.1 Å². The number of carbonyl (C=O) groups is 1. The summed E-state index contributed by atoms with van der Waals surface area (Å²) in [6, 6.07) is 5.89. The van der Waals surface area contributed by atoms with E-state index in [1.54, 1.807) is 19.1 Å². The first-order valence-corrected chi connectivity index (χ1v) is 7.81. The SMILES string of the molecule is Cc1nc2scc(-c3ccc(F)cc3)c2c(=O)n1CCC(=O)O. The Balaban J connectivity index is 2.18. The van der Waals surface area contributed by atoms with E-state index in [2.05, 4.69) is 4.98 Å². The van der Waals surface area contributed by atoms with Crippen LogP contribution in [0.25, 0.3) is 21.3 Å². The van der Waals surface area contributed by atoms with Crippen molar-refractivity contribution in [3.05, 3.63) is 51.6 Å². The van der Waals surface area contributed by atoms with Crippen LogP contribution in [0.2, 0.25) is 0 Å². The molecule has 0 unspecified atom stereocenters. The minimum atomic E-state index is -0.972. The molecule has 0 atom stereocenters. The summed E-state index contributed by atoms with van der Waals surface area (Å²) < 4.78 is 14.5. The number of fused-ring (bicyclic) bond motifs is 1. The summed E-state index contributed by atoms with van der Waals surface area (Å²) in [7, 11) is 0. The summed E-state index contributed by atoms with van der Waals surface area (Å²) >= 11 is 1.34. The summed E-state index contributed by atoms with van der Waals surface area (Å²) in [4.78, 5) is 28.5. The van der Waals surface area contributed by atoms with Gasteiger partial charge in [0.05, 0.1) is 11.8 Å². The van der Waals surface area contributed by atoms with Gasteiger partial charge in [0.15, 0.2) is 0 Å². The van der Waals surface area contributed by atoms with E-state index in [4.69, 9.17) is 5.11 Å². The van der Waals surface area contributed by atoms with Crippen LogP contribution in [0.4, 0.5) is 4.39 Å².